The van der Waals surface area contributed by atoms with Gasteiger partial charge in [-0.2, -0.15) is 0 Å². The summed E-state index contributed by atoms with van der Waals surface area (Å²) in [5, 5.41) is 3.88. The van der Waals surface area contributed by atoms with E-state index in [4.69, 9.17) is 0 Å². The van der Waals surface area contributed by atoms with Crippen molar-refractivity contribution in [2.45, 2.75) is 58.0 Å². The second-order valence-corrected chi connectivity index (χ2v) is 6.19. The Morgan fingerprint density at radius 1 is 1.30 bits per heavy atom. The average molecular weight is 313 g/mol. The largest absolute Gasteiger partial charge is 0.349 e. The zero-order chi connectivity index (χ0) is 16.2. The molecule has 3 rings (SSSR count). The molecule has 0 saturated heterocycles. The van der Waals surface area contributed by atoms with Crippen molar-refractivity contribution in [2.24, 2.45) is 0 Å². The molecule has 1 fully saturated rings. The second kappa shape index (κ2) is 6.94. The maximum Gasteiger partial charge on any atom is 0.265 e. The highest BCUT2D eigenvalue weighted by molar-refractivity contribution is 5.97. The van der Waals surface area contributed by atoms with Crippen LogP contribution < -0.4 is 10.9 Å². The van der Waals surface area contributed by atoms with Crippen LogP contribution in [0.4, 0.5) is 0 Å². The van der Waals surface area contributed by atoms with Crippen LogP contribution in [0, 0.1) is 0 Å². The summed E-state index contributed by atoms with van der Waals surface area (Å²) in [6.45, 7) is 2.39. The third-order valence-corrected chi connectivity index (χ3v) is 4.60. The molecular weight excluding hydrogens is 290 g/mol. The van der Waals surface area contributed by atoms with E-state index in [0.29, 0.717) is 12.2 Å². The Morgan fingerprint density at radius 3 is 2.74 bits per heavy atom. The summed E-state index contributed by atoms with van der Waals surface area (Å²) in [5.41, 5.74) is 0.590. The summed E-state index contributed by atoms with van der Waals surface area (Å²) in [5.74, 6) is -0.255. The van der Waals surface area contributed by atoms with Gasteiger partial charge in [0.1, 0.15) is 11.2 Å². The molecule has 122 valence electrons. The molecule has 0 unspecified atom stereocenters. The number of hydrogen-bond donors (Lipinski definition) is 1. The maximum atomic E-state index is 12.6. The fourth-order valence-electron chi connectivity index (χ4n) is 3.35. The van der Waals surface area contributed by atoms with Gasteiger partial charge in [0.25, 0.3) is 11.5 Å². The molecule has 1 saturated carbocycles. The van der Waals surface area contributed by atoms with E-state index in [1.165, 1.54) is 12.8 Å². The van der Waals surface area contributed by atoms with Crippen molar-refractivity contribution in [1.29, 1.82) is 0 Å². The Morgan fingerprint density at radius 2 is 2.04 bits per heavy atom. The number of carbonyl (C=O) groups excluding carboxylic acids is 1. The van der Waals surface area contributed by atoms with Crippen molar-refractivity contribution < 1.29 is 4.79 Å². The van der Waals surface area contributed by atoms with Crippen molar-refractivity contribution in [2.75, 3.05) is 0 Å². The molecule has 1 amide bonds. The van der Waals surface area contributed by atoms with Gasteiger partial charge in [-0.3, -0.25) is 14.2 Å². The second-order valence-electron chi connectivity index (χ2n) is 6.19. The van der Waals surface area contributed by atoms with Gasteiger partial charge in [0, 0.05) is 24.2 Å². The lowest BCUT2D eigenvalue weighted by Gasteiger charge is -2.17. The highest BCUT2D eigenvalue weighted by atomic mass is 16.2. The molecule has 5 nitrogen and oxygen atoms in total. The molecule has 1 aliphatic carbocycles. The SMILES string of the molecule is CCn1c(=O)c(C(=O)NC2CCCCCC2)cc2cccnc21. The molecule has 0 aliphatic heterocycles. The molecule has 0 radical (unpaired) electrons. The van der Waals surface area contributed by atoms with Gasteiger partial charge in [0.15, 0.2) is 0 Å². The first kappa shape index (κ1) is 15.7. The Bertz CT molecular complexity index is 758. The smallest absolute Gasteiger partial charge is 0.265 e. The molecule has 0 spiro atoms. The Hall–Kier alpha value is -2.17. The van der Waals surface area contributed by atoms with Crippen LogP contribution in [0.25, 0.3) is 11.0 Å². The first-order valence-electron chi connectivity index (χ1n) is 8.50. The van der Waals surface area contributed by atoms with E-state index in [1.807, 2.05) is 19.1 Å². The third-order valence-electron chi connectivity index (χ3n) is 4.60. The minimum absolute atomic E-state index is 0.184. The zero-order valence-electron chi connectivity index (χ0n) is 13.5. The van der Waals surface area contributed by atoms with Crippen LogP contribution in [0.2, 0.25) is 0 Å². The lowest BCUT2D eigenvalue weighted by atomic mass is 10.1. The molecule has 1 N–H and O–H groups in total. The molecule has 0 atom stereocenters. The van der Waals surface area contributed by atoms with Gasteiger partial charge in [-0.05, 0) is 38.0 Å². The zero-order valence-corrected chi connectivity index (χ0v) is 13.5. The highest BCUT2D eigenvalue weighted by Gasteiger charge is 2.19. The van der Waals surface area contributed by atoms with E-state index >= 15 is 0 Å². The molecular formula is C18H23N3O2. The fourth-order valence-corrected chi connectivity index (χ4v) is 3.35. The number of nitrogens with one attached hydrogen (secondary N) is 1. The summed E-state index contributed by atoms with van der Waals surface area (Å²) in [7, 11) is 0. The highest BCUT2D eigenvalue weighted by Crippen LogP contribution is 2.18. The minimum atomic E-state index is -0.259. The van der Waals surface area contributed by atoms with E-state index in [-0.39, 0.29) is 23.1 Å². The van der Waals surface area contributed by atoms with Crippen LogP contribution in [0.1, 0.15) is 55.8 Å². The van der Waals surface area contributed by atoms with Crippen LogP contribution in [0.5, 0.6) is 0 Å². The fraction of sp³-hybridized carbons (Fsp3) is 0.500. The third kappa shape index (κ3) is 3.28. The number of pyridine rings is 2. The summed E-state index contributed by atoms with van der Waals surface area (Å²) in [6.07, 6.45) is 8.43. The van der Waals surface area contributed by atoms with Crippen LogP contribution >= 0.6 is 0 Å². The average Bonchev–Trinajstić information content (AvgIpc) is 2.83. The lowest BCUT2D eigenvalue weighted by Crippen LogP contribution is -2.38. The molecule has 2 aromatic rings. The van der Waals surface area contributed by atoms with Crippen molar-refractivity contribution in [3.05, 3.63) is 40.3 Å². The Labute approximate surface area is 135 Å². The number of carbonyl (C=O) groups is 1. The molecule has 0 bridgehead atoms. The number of nitrogens with zero attached hydrogens (tertiary/aromatic N) is 2. The maximum absolute atomic E-state index is 12.6. The molecule has 1 aliphatic rings. The lowest BCUT2D eigenvalue weighted by molar-refractivity contribution is 0.0931. The van der Waals surface area contributed by atoms with Gasteiger partial charge in [-0.1, -0.05) is 25.7 Å². The van der Waals surface area contributed by atoms with Crippen LogP contribution in [0.3, 0.4) is 0 Å². The van der Waals surface area contributed by atoms with Crippen LogP contribution in [0.15, 0.2) is 29.2 Å². The predicted octanol–water partition coefficient (Wildman–Crippen LogP) is 2.87. The van der Waals surface area contributed by atoms with E-state index in [0.717, 1.165) is 31.1 Å². The molecule has 23 heavy (non-hydrogen) atoms. The van der Waals surface area contributed by atoms with Crippen molar-refractivity contribution in [3.8, 4) is 0 Å². The minimum Gasteiger partial charge on any atom is -0.349 e. The Kier molecular flexibility index (Phi) is 4.74. The van der Waals surface area contributed by atoms with Crippen molar-refractivity contribution in [1.82, 2.24) is 14.9 Å². The number of hydrogen-bond acceptors (Lipinski definition) is 3. The first-order chi connectivity index (χ1) is 11.2. The summed E-state index contributed by atoms with van der Waals surface area (Å²) in [4.78, 5) is 29.5. The summed E-state index contributed by atoms with van der Waals surface area (Å²) >= 11 is 0. The van der Waals surface area contributed by atoms with E-state index in [2.05, 4.69) is 10.3 Å². The summed E-state index contributed by atoms with van der Waals surface area (Å²) < 4.78 is 1.57. The number of aryl methyl sites for hydroxylation is 1. The number of amides is 1. The van der Waals surface area contributed by atoms with Gasteiger partial charge in [-0.25, -0.2) is 4.98 Å². The normalized spacial score (nSPS) is 16.2. The number of aromatic nitrogens is 2. The first-order valence-corrected chi connectivity index (χ1v) is 8.50. The van der Waals surface area contributed by atoms with Crippen LogP contribution in [-0.2, 0) is 6.54 Å². The number of fused-ring (bicyclic) bond motifs is 1. The van der Waals surface area contributed by atoms with Gasteiger partial charge in [0.2, 0.25) is 0 Å². The van der Waals surface area contributed by atoms with Gasteiger partial charge >= 0.3 is 0 Å². The van der Waals surface area contributed by atoms with Gasteiger partial charge in [-0.15, -0.1) is 0 Å². The molecule has 0 aromatic carbocycles. The quantitative estimate of drug-likeness (QED) is 0.886. The van der Waals surface area contributed by atoms with E-state index in [1.54, 1.807) is 16.8 Å². The van der Waals surface area contributed by atoms with Crippen molar-refractivity contribution in [3.63, 3.8) is 0 Å². The van der Waals surface area contributed by atoms with E-state index in [9.17, 15) is 9.59 Å². The topological polar surface area (TPSA) is 64.0 Å². The van der Waals surface area contributed by atoms with Crippen LogP contribution in [-0.4, -0.2) is 21.5 Å². The van der Waals surface area contributed by atoms with Gasteiger partial charge < -0.3 is 5.32 Å². The monoisotopic (exact) mass is 313 g/mol. The summed E-state index contributed by atoms with van der Waals surface area (Å²) in [6, 6.07) is 5.56. The molecule has 5 heteroatoms. The van der Waals surface area contributed by atoms with Gasteiger partial charge in [0.05, 0.1) is 0 Å². The standard InChI is InChI=1S/C18H23N3O2/c1-2-21-16-13(8-7-11-19-16)12-15(18(21)23)17(22)20-14-9-5-3-4-6-10-14/h7-8,11-12,14H,2-6,9-10H2,1H3,(H,20,22). The predicted molar refractivity (Wildman–Crippen MR) is 90.6 cm³/mol. The van der Waals surface area contributed by atoms with Crippen molar-refractivity contribution >= 4 is 16.9 Å². The van der Waals surface area contributed by atoms with E-state index < -0.39 is 0 Å². The Balaban J connectivity index is 1.93. The number of rotatable bonds is 3. The molecule has 2 aromatic heterocycles. The molecule has 2 heterocycles.